The third kappa shape index (κ3) is 2.07. The van der Waals surface area contributed by atoms with Gasteiger partial charge in [-0.2, -0.15) is 0 Å². The van der Waals surface area contributed by atoms with E-state index in [2.05, 4.69) is 15.5 Å². The Hall–Kier alpha value is -1.72. The van der Waals surface area contributed by atoms with E-state index in [1.165, 1.54) is 0 Å². The Labute approximate surface area is 99.4 Å². The highest BCUT2D eigenvalue weighted by molar-refractivity contribution is 5.32. The number of nitrogens with one attached hydrogen (secondary N) is 1. The van der Waals surface area contributed by atoms with Gasteiger partial charge in [0.1, 0.15) is 6.33 Å². The van der Waals surface area contributed by atoms with Gasteiger partial charge < -0.3 is 10.1 Å². The second-order valence-corrected chi connectivity index (χ2v) is 3.98. The summed E-state index contributed by atoms with van der Waals surface area (Å²) in [6, 6.07) is 10.2. The van der Waals surface area contributed by atoms with Gasteiger partial charge in [-0.05, 0) is 12.1 Å². The minimum atomic E-state index is 0.117. The van der Waals surface area contributed by atoms with E-state index in [1.807, 2.05) is 34.9 Å². The molecule has 5 nitrogen and oxygen atoms in total. The first-order chi connectivity index (χ1) is 8.45. The van der Waals surface area contributed by atoms with Gasteiger partial charge in [-0.25, -0.2) is 0 Å². The summed E-state index contributed by atoms with van der Waals surface area (Å²) >= 11 is 0. The van der Waals surface area contributed by atoms with E-state index >= 15 is 0 Å². The molecule has 1 aliphatic rings. The molecule has 0 radical (unpaired) electrons. The molecule has 17 heavy (non-hydrogen) atoms. The first kappa shape index (κ1) is 10.4. The molecule has 0 bridgehead atoms. The van der Waals surface area contributed by atoms with Gasteiger partial charge in [0, 0.05) is 12.2 Å². The lowest BCUT2D eigenvalue weighted by Crippen LogP contribution is -2.36. The van der Waals surface area contributed by atoms with E-state index in [-0.39, 0.29) is 6.04 Å². The van der Waals surface area contributed by atoms with Crippen molar-refractivity contribution in [3.63, 3.8) is 0 Å². The van der Waals surface area contributed by atoms with Crippen LogP contribution in [-0.2, 0) is 4.74 Å². The molecular weight excluding hydrogens is 216 g/mol. The lowest BCUT2D eigenvalue weighted by molar-refractivity contribution is 0.0736. The van der Waals surface area contributed by atoms with Gasteiger partial charge in [0.15, 0.2) is 5.82 Å². The molecule has 0 spiro atoms. The molecule has 0 amide bonds. The number of rotatable bonds is 2. The van der Waals surface area contributed by atoms with Gasteiger partial charge in [-0.3, -0.25) is 4.57 Å². The molecule has 1 saturated heterocycles. The number of para-hydroxylation sites is 1. The van der Waals surface area contributed by atoms with Crippen LogP contribution in [0.1, 0.15) is 11.9 Å². The molecule has 1 aromatic heterocycles. The fraction of sp³-hybridized carbons (Fsp3) is 0.333. The van der Waals surface area contributed by atoms with Gasteiger partial charge >= 0.3 is 0 Å². The van der Waals surface area contributed by atoms with Crippen molar-refractivity contribution in [3.8, 4) is 5.69 Å². The summed E-state index contributed by atoms with van der Waals surface area (Å²) in [6.45, 7) is 2.26. The van der Waals surface area contributed by atoms with E-state index < -0.39 is 0 Å². The maximum absolute atomic E-state index is 5.45. The first-order valence-corrected chi connectivity index (χ1v) is 5.71. The number of ether oxygens (including phenoxy) is 1. The highest BCUT2D eigenvalue weighted by Gasteiger charge is 2.21. The van der Waals surface area contributed by atoms with Gasteiger partial charge in [0.05, 0.1) is 19.3 Å². The largest absolute Gasteiger partial charge is 0.378 e. The van der Waals surface area contributed by atoms with Crippen LogP contribution in [0.25, 0.3) is 5.69 Å². The smallest absolute Gasteiger partial charge is 0.156 e. The molecule has 1 aromatic carbocycles. The maximum Gasteiger partial charge on any atom is 0.156 e. The molecule has 2 heterocycles. The summed E-state index contributed by atoms with van der Waals surface area (Å²) in [5.41, 5.74) is 1.07. The molecule has 1 fully saturated rings. The molecule has 1 N–H and O–H groups in total. The Kier molecular flexibility index (Phi) is 2.85. The van der Waals surface area contributed by atoms with Gasteiger partial charge in [0.2, 0.25) is 0 Å². The number of hydrogen-bond acceptors (Lipinski definition) is 4. The predicted molar refractivity (Wildman–Crippen MR) is 62.9 cm³/mol. The zero-order valence-electron chi connectivity index (χ0n) is 9.41. The van der Waals surface area contributed by atoms with Crippen LogP contribution in [0, 0.1) is 0 Å². The summed E-state index contributed by atoms with van der Waals surface area (Å²) in [7, 11) is 0. The average Bonchev–Trinajstić information content (AvgIpc) is 2.90. The highest BCUT2D eigenvalue weighted by Crippen LogP contribution is 2.17. The van der Waals surface area contributed by atoms with Crippen LogP contribution in [0.5, 0.6) is 0 Å². The number of aromatic nitrogens is 3. The molecule has 1 aliphatic heterocycles. The molecule has 5 heteroatoms. The van der Waals surface area contributed by atoms with Crippen LogP contribution in [0.3, 0.4) is 0 Å². The Bertz CT molecular complexity index is 476. The Morgan fingerprint density at radius 1 is 1.29 bits per heavy atom. The summed E-state index contributed by atoms with van der Waals surface area (Å²) in [4.78, 5) is 0. The molecule has 0 saturated carbocycles. The van der Waals surface area contributed by atoms with Crippen molar-refractivity contribution in [2.45, 2.75) is 6.04 Å². The topological polar surface area (TPSA) is 52.0 Å². The fourth-order valence-electron chi connectivity index (χ4n) is 2.00. The summed E-state index contributed by atoms with van der Waals surface area (Å²) in [5, 5.41) is 11.6. The standard InChI is InChI=1S/C12H14N4O/c1-2-4-10(5-3-1)16-9-14-15-12(16)11-8-17-7-6-13-11/h1-5,9,11,13H,6-8H2. The quantitative estimate of drug-likeness (QED) is 0.833. The molecule has 1 atom stereocenters. The van der Waals surface area contributed by atoms with Crippen molar-refractivity contribution < 1.29 is 4.74 Å². The number of benzene rings is 1. The van der Waals surface area contributed by atoms with Crippen LogP contribution in [0.4, 0.5) is 0 Å². The Morgan fingerprint density at radius 3 is 2.94 bits per heavy atom. The van der Waals surface area contributed by atoms with E-state index in [0.717, 1.165) is 24.7 Å². The van der Waals surface area contributed by atoms with Crippen molar-refractivity contribution in [1.82, 2.24) is 20.1 Å². The minimum absolute atomic E-state index is 0.117. The molecule has 1 unspecified atom stereocenters. The molecule has 88 valence electrons. The van der Waals surface area contributed by atoms with Gasteiger partial charge in [-0.15, -0.1) is 10.2 Å². The number of nitrogens with zero attached hydrogens (tertiary/aromatic N) is 3. The van der Waals surface area contributed by atoms with Crippen LogP contribution in [0.2, 0.25) is 0 Å². The fourth-order valence-corrected chi connectivity index (χ4v) is 2.00. The first-order valence-electron chi connectivity index (χ1n) is 5.71. The van der Waals surface area contributed by atoms with E-state index in [9.17, 15) is 0 Å². The normalized spacial score (nSPS) is 20.4. The van der Waals surface area contributed by atoms with Crippen LogP contribution < -0.4 is 5.32 Å². The monoisotopic (exact) mass is 230 g/mol. The zero-order chi connectivity index (χ0) is 11.5. The summed E-state index contributed by atoms with van der Waals surface area (Å²) < 4.78 is 7.45. The Balaban J connectivity index is 1.93. The van der Waals surface area contributed by atoms with Crippen LogP contribution in [0.15, 0.2) is 36.7 Å². The van der Waals surface area contributed by atoms with E-state index in [4.69, 9.17) is 4.74 Å². The average molecular weight is 230 g/mol. The van der Waals surface area contributed by atoms with Crippen molar-refractivity contribution >= 4 is 0 Å². The third-order valence-corrected chi connectivity index (χ3v) is 2.84. The van der Waals surface area contributed by atoms with Crippen LogP contribution >= 0.6 is 0 Å². The molecular formula is C12H14N4O. The maximum atomic E-state index is 5.45. The zero-order valence-corrected chi connectivity index (χ0v) is 9.41. The van der Waals surface area contributed by atoms with E-state index in [0.29, 0.717) is 6.61 Å². The lowest BCUT2D eigenvalue weighted by atomic mass is 10.2. The Morgan fingerprint density at radius 2 is 2.18 bits per heavy atom. The predicted octanol–water partition coefficient (Wildman–Crippen LogP) is 0.928. The molecule has 3 rings (SSSR count). The minimum Gasteiger partial charge on any atom is -0.378 e. The second-order valence-electron chi connectivity index (χ2n) is 3.98. The van der Waals surface area contributed by atoms with E-state index in [1.54, 1.807) is 6.33 Å². The SMILES string of the molecule is c1ccc(-n2cnnc2C2COCCN2)cc1. The van der Waals surface area contributed by atoms with Crippen LogP contribution in [-0.4, -0.2) is 34.5 Å². The van der Waals surface area contributed by atoms with Crippen molar-refractivity contribution in [2.24, 2.45) is 0 Å². The van der Waals surface area contributed by atoms with Gasteiger partial charge in [0.25, 0.3) is 0 Å². The second kappa shape index (κ2) is 4.65. The number of morpholine rings is 1. The molecule has 2 aromatic rings. The molecule has 0 aliphatic carbocycles. The lowest BCUT2D eigenvalue weighted by Gasteiger charge is -2.23. The van der Waals surface area contributed by atoms with Crippen molar-refractivity contribution in [2.75, 3.05) is 19.8 Å². The summed E-state index contributed by atoms with van der Waals surface area (Å²) in [5.74, 6) is 0.899. The van der Waals surface area contributed by atoms with Crippen molar-refractivity contribution in [1.29, 1.82) is 0 Å². The van der Waals surface area contributed by atoms with Crippen molar-refractivity contribution in [3.05, 3.63) is 42.5 Å². The summed E-state index contributed by atoms with van der Waals surface area (Å²) in [6.07, 6.45) is 1.74. The third-order valence-electron chi connectivity index (χ3n) is 2.84. The highest BCUT2D eigenvalue weighted by atomic mass is 16.5. The number of hydrogen-bond donors (Lipinski definition) is 1. The van der Waals surface area contributed by atoms with Gasteiger partial charge in [-0.1, -0.05) is 18.2 Å².